The van der Waals surface area contributed by atoms with Crippen molar-refractivity contribution >= 4 is 139 Å². The number of aliphatic hydroxyl groups excluding tert-OH is 1. The number of carbonyl (C=O) groups is 5. The topological polar surface area (TPSA) is 271 Å². The van der Waals surface area contributed by atoms with Crippen LogP contribution >= 0.6 is 99.6 Å². The molecule has 0 aromatic heterocycles. The van der Waals surface area contributed by atoms with Gasteiger partial charge >= 0.3 is 29.8 Å². The smallest absolute Gasteiger partial charge is 0.338 e. The van der Waals surface area contributed by atoms with Crippen molar-refractivity contribution in [3.8, 4) is 23.0 Å². The fourth-order valence-corrected chi connectivity index (χ4v) is 13.3. The molecule has 28 heteroatoms. The van der Waals surface area contributed by atoms with Crippen molar-refractivity contribution in [1.29, 1.82) is 0 Å². The van der Waals surface area contributed by atoms with E-state index in [1.807, 2.05) is 94.4 Å². The summed E-state index contributed by atoms with van der Waals surface area (Å²) in [5.41, 5.74) is 25.0. The van der Waals surface area contributed by atoms with E-state index in [1.54, 1.807) is 57.7 Å². The molecule has 8 aromatic carbocycles. The third-order valence-corrected chi connectivity index (χ3v) is 20.6. The number of aromatic carboxylic acids is 2. The maximum Gasteiger partial charge on any atom is 0.338 e. The number of hydrogen-bond donors (Lipinski definition) is 5. The Balaban J connectivity index is 0.000000474. The van der Waals surface area contributed by atoms with Crippen LogP contribution in [0.5, 0.6) is 23.0 Å². The van der Waals surface area contributed by atoms with Crippen molar-refractivity contribution in [2.45, 2.75) is 178 Å². The lowest BCUT2D eigenvalue weighted by molar-refractivity contribution is 0.0589. The molecule has 0 amide bonds. The third-order valence-electron chi connectivity index (χ3n) is 19.4. The number of alkyl halides is 6. The lowest BCUT2D eigenvalue weighted by Crippen LogP contribution is -2.40. The predicted molar refractivity (Wildman–Crippen MR) is 478 cm³/mol. The van der Waals surface area contributed by atoms with Gasteiger partial charge in [0, 0.05) is 81.9 Å². The van der Waals surface area contributed by atoms with Gasteiger partial charge in [0.25, 0.3) is 3.25 Å². The SMILES string of the molecule is CO.COC(=O)c1cccc(C)c1C.COC(=O)c1cccc(CBr)c1CBr.COC(=O)c1cccc2c1CN(C(C)(C)CCc1ccc(C)c(OC)c1)C2.COc1cc(CCC(C)(C)N)ccc1C.COc1cc(CCC(C)(C)N2Cc3cccc(C(=O)O)c3C2)ccc1O.Cc1cccc(C(=O)O)c1C.ClC(Cl)(Cl)Cl.O=S(Cl)Cl. The number of nitrogens with zero attached hydrogens (tertiary/aromatic N) is 2. The zero-order chi connectivity index (χ0) is 88.2. The van der Waals surface area contributed by atoms with E-state index in [0.29, 0.717) is 45.4 Å². The Morgan fingerprint density at radius 2 is 0.793 bits per heavy atom. The summed E-state index contributed by atoms with van der Waals surface area (Å²) in [6, 6.07) is 46.1. The molecule has 0 unspecified atom stereocenters. The number of phenolic OH excluding ortho intramolecular Hbond substituents is 1. The van der Waals surface area contributed by atoms with Crippen molar-refractivity contribution in [1.82, 2.24) is 9.80 Å². The quantitative estimate of drug-likeness (QED) is 0.0194. The lowest BCUT2D eigenvalue weighted by atomic mass is 9.93. The fourth-order valence-electron chi connectivity index (χ4n) is 12.1. The number of halogens is 8. The molecule has 0 aliphatic carbocycles. The number of methoxy groups -OCH3 is 6. The molecule has 10 rings (SSSR count). The molecule has 0 saturated heterocycles. The Labute approximate surface area is 733 Å². The second-order valence-electron chi connectivity index (χ2n) is 28.7. The number of ether oxygens (including phenoxy) is 6. The number of benzene rings is 8. The minimum atomic E-state index is -1.67. The molecule has 2 aliphatic heterocycles. The molecule has 6 N–H and O–H groups in total. The highest BCUT2D eigenvalue weighted by Gasteiger charge is 2.35. The largest absolute Gasteiger partial charge is 0.504 e. The van der Waals surface area contributed by atoms with Crippen molar-refractivity contribution in [3.63, 3.8) is 0 Å². The van der Waals surface area contributed by atoms with Crippen LogP contribution < -0.4 is 19.9 Å². The molecule has 0 bridgehead atoms. The number of hydrogen-bond acceptors (Lipinski definition) is 17. The van der Waals surface area contributed by atoms with Crippen LogP contribution in [0.25, 0.3) is 0 Å². The van der Waals surface area contributed by atoms with Crippen LogP contribution in [0.3, 0.4) is 0 Å². The van der Waals surface area contributed by atoms with Gasteiger partial charge in [0.1, 0.15) is 11.5 Å². The molecule has 636 valence electrons. The molecule has 0 fully saturated rings. The molecule has 0 spiro atoms. The Kier molecular flexibility index (Phi) is 46.6. The molecule has 2 aliphatic rings. The first-order valence-corrected chi connectivity index (χ1v) is 43.1. The van der Waals surface area contributed by atoms with Crippen molar-refractivity contribution in [3.05, 3.63) is 257 Å². The monoisotopic (exact) mass is 1870 g/mol. The normalized spacial score (nSPS) is 11.9. The summed E-state index contributed by atoms with van der Waals surface area (Å²) in [5, 5.41) is 36.2. The molecule has 0 atom stereocenters. The van der Waals surface area contributed by atoms with Gasteiger partial charge in [-0.15, -0.1) is 0 Å². The molecule has 0 saturated carbocycles. The summed E-state index contributed by atoms with van der Waals surface area (Å²) in [4.78, 5) is 61.5. The summed E-state index contributed by atoms with van der Waals surface area (Å²) in [5.74, 6) is 0.0104. The van der Waals surface area contributed by atoms with Gasteiger partial charge in [-0.25, -0.2) is 28.2 Å². The third kappa shape index (κ3) is 35.5. The number of carbonyl (C=O) groups excluding carboxylic acids is 3. The van der Waals surface area contributed by atoms with Gasteiger partial charge in [-0.1, -0.05) is 169 Å². The molecule has 19 nitrogen and oxygen atoms in total. The number of esters is 3. The number of aromatic hydroxyl groups is 1. The van der Waals surface area contributed by atoms with E-state index in [4.69, 9.17) is 90.2 Å². The van der Waals surface area contributed by atoms with E-state index in [-0.39, 0.29) is 40.3 Å². The standard InChI is InChI=1S/C23H29NO3.C21H25NO4.C13H21NO.C10H10Br2O2.C10H12O2.C9H10O2.CCl4.CH4O.Cl2OS/c1-16-9-10-17(13-21(16)26-4)11-12-23(2,3)24-14-18-7-6-8-19(20(18)15-24)22(25)27-5;1-21(2,10-9-14-7-8-18(23)19(11-14)26-3)22-12-15-5-4-6-16(20(24)25)17(15)13-22;1-10-5-6-11(9-12(10)15-4)7-8-13(2,3)14;1-14-10(13)8-4-2-3-7(5-11)9(8)6-12;1-7-5-4-6-9(8(7)2)10(11)12-3;1-6-4-3-5-8(7(6)2)9(10)11;2-1(3,4)5;1-2;1-4(2)3/h6-10,13H,11-12,14-15H2,1-5H3;4-8,11,23H,9-10,12-13H2,1-3H3,(H,24,25);5-6,9H,7-8,14H2,1-4H3;2-4H,5-6H2,1H3;4-6H,1-3H3;3-5H,1-2H3,(H,10,11);;2H,1H3;. The zero-order valence-electron chi connectivity index (χ0n) is 69.4. The molecule has 0 radical (unpaired) electrons. The first-order chi connectivity index (χ1) is 54.3. The van der Waals surface area contributed by atoms with Gasteiger partial charge in [-0.05, 0) is 260 Å². The van der Waals surface area contributed by atoms with E-state index in [0.717, 1.165) is 143 Å². The number of carboxylic acids is 2. The Bertz CT molecular complexity index is 4530. The van der Waals surface area contributed by atoms with Crippen molar-refractivity contribution < 1.29 is 77.0 Å². The highest BCUT2D eigenvalue weighted by Crippen LogP contribution is 2.38. The van der Waals surface area contributed by atoms with Gasteiger partial charge in [-0.2, -0.15) is 0 Å². The Morgan fingerprint density at radius 3 is 1.18 bits per heavy atom. The molecular weight excluding hydrogens is 1760 g/mol. The Hall–Kier alpha value is -7.00. The minimum Gasteiger partial charge on any atom is -0.504 e. The highest BCUT2D eigenvalue weighted by molar-refractivity contribution is 9.09. The average Bonchev–Trinajstić information content (AvgIpc) is 1.65. The van der Waals surface area contributed by atoms with Crippen LogP contribution in [0.2, 0.25) is 0 Å². The average molecular weight is 1870 g/mol. The van der Waals surface area contributed by atoms with Crippen molar-refractivity contribution in [2.24, 2.45) is 5.73 Å². The summed E-state index contributed by atoms with van der Waals surface area (Å²) >= 11 is 26.1. The maximum atomic E-state index is 12.1. The maximum absolute atomic E-state index is 12.1. The number of carboxylic acid groups (broad SMARTS) is 2. The van der Waals surface area contributed by atoms with E-state index >= 15 is 0 Å². The number of fused-ring (bicyclic) bond motifs is 2. The fraction of sp³-hybridized carbons (Fsp3) is 0.398. The van der Waals surface area contributed by atoms with Crippen molar-refractivity contribution in [2.75, 3.05) is 49.8 Å². The number of aliphatic hydroxyl groups is 1. The number of nitrogens with two attached hydrogens (primary N) is 1. The van der Waals surface area contributed by atoms with Gasteiger partial charge in [0.2, 0.25) is 9.23 Å². The van der Waals surface area contributed by atoms with Crippen LogP contribution in [-0.4, -0.2) is 134 Å². The number of aryl methyl sites for hydroxylation is 7. The first kappa shape index (κ1) is 105. The Morgan fingerprint density at radius 1 is 0.457 bits per heavy atom. The van der Waals surface area contributed by atoms with Crippen LogP contribution in [0.15, 0.2) is 146 Å². The minimum absolute atomic E-state index is 0.0184. The van der Waals surface area contributed by atoms with Gasteiger partial charge in [-0.3, -0.25) is 9.80 Å². The summed E-state index contributed by atoms with van der Waals surface area (Å²) < 4.78 is 37.7. The highest BCUT2D eigenvalue weighted by atomic mass is 79.9. The van der Waals surface area contributed by atoms with Crippen LogP contribution in [0.1, 0.15) is 196 Å². The van der Waals surface area contributed by atoms with Gasteiger partial charge < -0.3 is 54.6 Å². The first-order valence-electron chi connectivity index (χ1n) is 36.5. The van der Waals surface area contributed by atoms with Crippen LogP contribution in [0.4, 0.5) is 0 Å². The summed E-state index contributed by atoms with van der Waals surface area (Å²) in [6.45, 7) is 27.8. The summed E-state index contributed by atoms with van der Waals surface area (Å²) in [7, 11) is 17.6. The molecule has 116 heavy (non-hydrogen) atoms. The van der Waals surface area contributed by atoms with E-state index in [1.165, 1.54) is 43.6 Å². The zero-order valence-corrected chi connectivity index (χ0v) is 78.0. The van der Waals surface area contributed by atoms with E-state index in [9.17, 15) is 34.2 Å². The van der Waals surface area contributed by atoms with Gasteiger partial charge in [0.05, 0.1) is 70.5 Å². The molecule has 8 aromatic rings. The lowest BCUT2D eigenvalue weighted by Gasteiger charge is -2.35. The van der Waals surface area contributed by atoms with E-state index in [2.05, 4.69) is 166 Å². The van der Waals surface area contributed by atoms with E-state index < -0.39 is 24.4 Å². The molecular formula is C88H111Br2Cl6N3O16S. The number of phenols is 1. The second-order valence-corrected chi connectivity index (χ2v) is 35.8. The molecule has 2 heterocycles. The van der Waals surface area contributed by atoms with Crippen LogP contribution in [-0.2, 0) is 79.5 Å². The second kappa shape index (κ2) is 51.5. The van der Waals surface area contributed by atoms with Gasteiger partial charge in [0.15, 0.2) is 11.5 Å². The number of rotatable bonds is 21. The summed E-state index contributed by atoms with van der Waals surface area (Å²) in [6.07, 6.45) is 5.76. The predicted octanol–water partition coefficient (Wildman–Crippen LogP) is 21.6. The van der Waals surface area contributed by atoms with Crippen LogP contribution in [0, 0.1) is 41.5 Å².